The molecule has 3 heterocycles. The fourth-order valence-corrected chi connectivity index (χ4v) is 2.79. The maximum absolute atomic E-state index is 11.6. The summed E-state index contributed by atoms with van der Waals surface area (Å²) < 4.78 is 7.09. The van der Waals surface area contributed by atoms with Crippen LogP contribution < -0.4 is 10.1 Å². The van der Waals surface area contributed by atoms with Gasteiger partial charge in [0.05, 0.1) is 37.1 Å². The van der Waals surface area contributed by atoms with Gasteiger partial charge in [0.1, 0.15) is 11.6 Å². The Hall–Kier alpha value is -3.22. The number of nitrogens with zero attached hydrogens (tertiary/aromatic N) is 4. The Morgan fingerprint density at radius 3 is 2.77 bits per heavy atom. The summed E-state index contributed by atoms with van der Waals surface area (Å²) in [5.41, 5.74) is 3.68. The van der Waals surface area contributed by atoms with Crippen LogP contribution >= 0.6 is 0 Å². The van der Waals surface area contributed by atoms with Gasteiger partial charge >= 0.3 is 0 Å². The fraction of sp³-hybridized carbons (Fsp3) is 0.263. The van der Waals surface area contributed by atoms with Crippen LogP contribution in [0.15, 0.2) is 37.1 Å². The first-order valence-corrected chi connectivity index (χ1v) is 8.22. The van der Waals surface area contributed by atoms with Crippen LogP contribution in [-0.2, 0) is 7.05 Å². The highest BCUT2D eigenvalue weighted by atomic mass is 16.5. The Morgan fingerprint density at radius 1 is 1.31 bits per heavy atom. The van der Waals surface area contributed by atoms with Gasteiger partial charge in [0.15, 0.2) is 6.29 Å². The third-order valence-electron chi connectivity index (χ3n) is 4.14. The second-order valence-electron chi connectivity index (χ2n) is 6.15. The Bertz CT molecular complexity index is 935. The average molecular weight is 351 g/mol. The molecule has 7 nitrogen and oxygen atoms in total. The minimum Gasteiger partial charge on any atom is -0.495 e. The molecule has 1 atom stereocenters. The van der Waals surface area contributed by atoms with Crippen molar-refractivity contribution in [1.29, 1.82) is 0 Å². The third-order valence-corrected chi connectivity index (χ3v) is 4.14. The molecule has 0 saturated heterocycles. The lowest BCUT2D eigenvalue weighted by molar-refractivity contribution is 0.112. The van der Waals surface area contributed by atoms with E-state index in [-0.39, 0.29) is 6.04 Å². The molecule has 3 aromatic rings. The van der Waals surface area contributed by atoms with Crippen molar-refractivity contribution in [2.75, 3.05) is 12.4 Å². The van der Waals surface area contributed by atoms with Crippen molar-refractivity contribution >= 4 is 12.1 Å². The number of rotatable bonds is 6. The number of imidazole rings is 1. The van der Waals surface area contributed by atoms with Crippen LogP contribution in [0.25, 0.3) is 11.3 Å². The number of aromatic nitrogens is 4. The van der Waals surface area contributed by atoms with E-state index in [4.69, 9.17) is 9.72 Å². The standard InChI is InChI=1S/C19H21N5O2/c1-12-5-17(14-6-15(26-4)8-20-7-14)23-19(16(12)10-25)13(2)22-18-9-24(3)11-21-18/h5-11,13,22H,1-4H3. The van der Waals surface area contributed by atoms with Gasteiger partial charge in [-0.3, -0.25) is 9.78 Å². The summed E-state index contributed by atoms with van der Waals surface area (Å²) in [6.07, 6.45) is 7.81. The fourth-order valence-electron chi connectivity index (χ4n) is 2.79. The van der Waals surface area contributed by atoms with Crippen LogP contribution in [0.2, 0.25) is 0 Å². The number of pyridine rings is 2. The topological polar surface area (TPSA) is 81.9 Å². The molecule has 0 amide bonds. The molecule has 0 radical (unpaired) electrons. The summed E-state index contributed by atoms with van der Waals surface area (Å²) in [7, 11) is 3.50. The molecule has 1 N–H and O–H groups in total. The van der Waals surface area contributed by atoms with E-state index in [9.17, 15) is 4.79 Å². The monoisotopic (exact) mass is 351 g/mol. The van der Waals surface area contributed by atoms with Crippen molar-refractivity contribution in [3.63, 3.8) is 0 Å². The number of carbonyl (C=O) groups excluding carboxylic acids is 1. The molecule has 0 fully saturated rings. The smallest absolute Gasteiger partial charge is 0.152 e. The van der Waals surface area contributed by atoms with Gasteiger partial charge in [-0.25, -0.2) is 9.97 Å². The summed E-state index contributed by atoms with van der Waals surface area (Å²) in [4.78, 5) is 24.8. The van der Waals surface area contributed by atoms with E-state index in [2.05, 4.69) is 15.3 Å². The lowest BCUT2D eigenvalue weighted by Gasteiger charge is -2.17. The quantitative estimate of drug-likeness (QED) is 0.687. The zero-order valence-corrected chi connectivity index (χ0v) is 15.2. The molecule has 0 saturated carbocycles. The molecule has 7 heteroatoms. The normalized spacial score (nSPS) is 11.8. The molecular formula is C19H21N5O2. The number of methoxy groups -OCH3 is 1. The Kier molecular flexibility index (Phi) is 4.97. The highest BCUT2D eigenvalue weighted by Crippen LogP contribution is 2.27. The van der Waals surface area contributed by atoms with Gasteiger partial charge in [-0.15, -0.1) is 0 Å². The number of aryl methyl sites for hydroxylation is 2. The predicted molar refractivity (Wildman–Crippen MR) is 99.4 cm³/mol. The maximum atomic E-state index is 11.6. The SMILES string of the molecule is COc1cncc(-c2cc(C)c(C=O)c(C(C)Nc3cn(C)cn3)n2)c1. The van der Waals surface area contributed by atoms with E-state index < -0.39 is 0 Å². The van der Waals surface area contributed by atoms with Crippen LogP contribution in [0.3, 0.4) is 0 Å². The summed E-state index contributed by atoms with van der Waals surface area (Å²) in [6.45, 7) is 3.86. The van der Waals surface area contributed by atoms with Crippen molar-refractivity contribution in [3.05, 3.63) is 53.9 Å². The number of carbonyl (C=O) groups is 1. The van der Waals surface area contributed by atoms with Gasteiger partial charge in [-0.1, -0.05) is 0 Å². The van der Waals surface area contributed by atoms with Crippen molar-refractivity contribution in [2.24, 2.45) is 7.05 Å². The molecule has 0 aliphatic carbocycles. The number of hydrogen-bond acceptors (Lipinski definition) is 6. The molecule has 0 aliphatic heterocycles. The summed E-state index contributed by atoms with van der Waals surface area (Å²) >= 11 is 0. The first kappa shape index (κ1) is 17.6. The maximum Gasteiger partial charge on any atom is 0.152 e. The molecule has 0 aromatic carbocycles. The number of aldehydes is 1. The van der Waals surface area contributed by atoms with Crippen molar-refractivity contribution in [1.82, 2.24) is 19.5 Å². The largest absolute Gasteiger partial charge is 0.495 e. The second-order valence-corrected chi connectivity index (χ2v) is 6.15. The van der Waals surface area contributed by atoms with E-state index in [1.165, 1.54) is 0 Å². The van der Waals surface area contributed by atoms with Gasteiger partial charge < -0.3 is 14.6 Å². The molecule has 3 aromatic heterocycles. The van der Waals surface area contributed by atoms with Crippen LogP contribution in [0, 0.1) is 6.92 Å². The summed E-state index contributed by atoms with van der Waals surface area (Å²) in [6, 6.07) is 3.56. The summed E-state index contributed by atoms with van der Waals surface area (Å²) in [5.74, 6) is 1.38. The van der Waals surface area contributed by atoms with E-state index in [0.717, 1.165) is 28.9 Å². The van der Waals surface area contributed by atoms with E-state index in [1.807, 2.05) is 43.8 Å². The van der Waals surface area contributed by atoms with Gasteiger partial charge in [-0.05, 0) is 31.5 Å². The average Bonchev–Trinajstić information content (AvgIpc) is 3.05. The second kappa shape index (κ2) is 7.35. The van der Waals surface area contributed by atoms with Gasteiger partial charge in [0, 0.05) is 30.6 Å². The van der Waals surface area contributed by atoms with Crippen LogP contribution in [0.4, 0.5) is 5.82 Å². The first-order chi connectivity index (χ1) is 12.5. The number of nitrogens with one attached hydrogen (secondary N) is 1. The van der Waals surface area contributed by atoms with Crippen LogP contribution in [-0.4, -0.2) is 32.9 Å². The zero-order valence-electron chi connectivity index (χ0n) is 15.2. The minimum absolute atomic E-state index is 0.192. The van der Waals surface area contributed by atoms with E-state index in [1.54, 1.807) is 25.8 Å². The van der Waals surface area contributed by atoms with Gasteiger partial charge in [0.2, 0.25) is 0 Å². The van der Waals surface area contributed by atoms with E-state index in [0.29, 0.717) is 17.0 Å². The van der Waals surface area contributed by atoms with Crippen molar-refractivity contribution in [3.8, 4) is 17.0 Å². The first-order valence-electron chi connectivity index (χ1n) is 8.22. The highest BCUT2D eigenvalue weighted by molar-refractivity contribution is 5.81. The Balaban J connectivity index is 2.02. The molecule has 134 valence electrons. The molecular weight excluding hydrogens is 330 g/mol. The minimum atomic E-state index is -0.192. The molecule has 0 bridgehead atoms. The van der Waals surface area contributed by atoms with Crippen molar-refractivity contribution < 1.29 is 9.53 Å². The van der Waals surface area contributed by atoms with Crippen LogP contribution in [0.5, 0.6) is 5.75 Å². The lowest BCUT2D eigenvalue weighted by atomic mass is 10.0. The number of ether oxygens (including phenoxy) is 1. The summed E-state index contributed by atoms with van der Waals surface area (Å²) in [5, 5.41) is 3.29. The Morgan fingerprint density at radius 2 is 2.12 bits per heavy atom. The molecule has 0 aliphatic rings. The molecule has 1 unspecified atom stereocenters. The predicted octanol–water partition coefficient (Wildman–Crippen LogP) is 3.18. The Labute approximate surface area is 152 Å². The highest BCUT2D eigenvalue weighted by Gasteiger charge is 2.17. The van der Waals surface area contributed by atoms with Crippen LogP contribution in [0.1, 0.15) is 34.6 Å². The van der Waals surface area contributed by atoms with E-state index >= 15 is 0 Å². The number of anilines is 1. The zero-order chi connectivity index (χ0) is 18.7. The lowest BCUT2D eigenvalue weighted by Crippen LogP contribution is -2.13. The molecule has 3 rings (SSSR count). The third kappa shape index (κ3) is 3.56. The molecule has 0 spiro atoms. The van der Waals surface area contributed by atoms with Crippen molar-refractivity contribution in [2.45, 2.75) is 19.9 Å². The van der Waals surface area contributed by atoms with Gasteiger partial charge in [0.25, 0.3) is 0 Å². The molecule has 26 heavy (non-hydrogen) atoms. The number of hydrogen-bond donors (Lipinski definition) is 1. The van der Waals surface area contributed by atoms with Gasteiger partial charge in [-0.2, -0.15) is 0 Å².